The van der Waals surface area contributed by atoms with Crippen LogP contribution >= 0.6 is 0 Å². The molecule has 1 atom stereocenters. The van der Waals surface area contributed by atoms with Crippen LogP contribution in [0.25, 0.3) is 5.65 Å². The Hall–Kier alpha value is -3.61. The number of piperazine rings is 1. The van der Waals surface area contributed by atoms with Crippen LogP contribution in [0.5, 0.6) is 0 Å². The van der Waals surface area contributed by atoms with Crippen LogP contribution in [0.1, 0.15) is 53.0 Å². The van der Waals surface area contributed by atoms with Crippen molar-refractivity contribution < 1.29 is 23.8 Å². The molecule has 41 heavy (non-hydrogen) atoms. The first-order chi connectivity index (χ1) is 19.7. The highest BCUT2D eigenvalue weighted by atomic mass is 19.1. The van der Waals surface area contributed by atoms with E-state index in [4.69, 9.17) is 4.74 Å². The number of fused-ring (bicyclic) bond motifs is 2. The van der Waals surface area contributed by atoms with Crippen molar-refractivity contribution in [1.82, 2.24) is 24.4 Å². The molecule has 1 aromatic carbocycles. The minimum absolute atomic E-state index is 0.198. The molecule has 3 aliphatic heterocycles. The maximum absolute atomic E-state index is 14.7. The van der Waals surface area contributed by atoms with E-state index in [9.17, 15) is 19.1 Å². The molecule has 3 aromatic rings. The number of anilines is 2. The van der Waals surface area contributed by atoms with Crippen LogP contribution in [0.4, 0.5) is 15.8 Å². The molecule has 0 aliphatic carbocycles. The summed E-state index contributed by atoms with van der Waals surface area (Å²) in [6.45, 7) is 7.55. The molecule has 218 valence electrons. The summed E-state index contributed by atoms with van der Waals surface area (Å²) in [6, 6.07) is 5.89. The zero-order valence-corrected chi connectivity index (χ0v) is 23.4. The van der Waals surface area contributed by atoms with Crippen molar-refractivity contribution in [2.75, 3.05) is 56.2 Å². The Morgan fingerprint density at radius 3 is 2.71 bits per heavy atom. The maximum atomic E-state index is 14.7. The molecule has 0 unspecified atom stereocenters. The number of alkyl halides is 1. The van der Waals surface area contributed by atoms with Gasteiger partial charge in [-0.2, -0.15) is 5.10 Å². The minimum Gasteiger partial charge on any atom is -0.387 e. The van der Waals surface area contributed by atoms with Crippen LogP contribution < -0.4 is 10.2 Å². The Morgan fingerprint density at radius 2 is 1.98 bits per heavy atom. The summed E-state index contributed by atoms with van der Waals surface area (Å²) in [7, 11) is 0. The number of amides is 2. The Balaban J connectivity index is 1.28. The lowest BCUT2D eigenvalue weighted by Crippen LogP contribution is -2.51. The van der Waals surface area contributed by atoms with Gasteiger partial charge in [-0.05, 0) is 50.5 Å². The molecule has 0 bridgehead atoms. The second-order valence-electron chi connectivity index (χ2n) is 11.6. The number of aliphatic hydroxyl groups is 1. The number of aromatic nitrogens is 3. The topological polar surface area (TPSA) is 116 Å². The third-order valence-electron chi connectivity index (χ3n) is 8.38. The highest BCUT2D eigenvalue weighted by Gasteiger charge is 2.36. The van der Waals surface area contributed by atoms with E-state index in [0.29, 0.717) is 34.1 Å². The van der Waals surface area contributed by atoms with E-state index >= 15 is 0 Å². The van der Waals surface area contributed by atoms with E-state index in [-0.39, 0.29) is 24.9 Å². The average molecular weight is 566 g/mol. The largest absolute Gasteiger partial charge is 0.387 e. The van der Waals surface area contributed by atoms with Crippen molar-refractivity contribution in [3.8, 4) is 0 Å². The maximum Gasteiger partial charge on any atom is 0.261 e. The third-order valence-corrected chi connectivity index (χ3v) is 8.38. The van der Waals surface area contributed by atoms with Gasteiger partial charge in [0.15, 0.2) is 5.65 Å². The van der Waals surface area contributed by atoms with Crippen LogP contribution in [0, 0.1) is 0 Å². The smallest absolute Gasteiger partial charge is 0.261 e. The van der Waals surface area contributed by atoms with E-state index in [1.54, 1.807) is 23.0 Å². The molecule has 2 N–H and O–H groups in total. The number of rotatable bonds is 7. The Morgan fingerprint density at radius 1 is 1.22 bits per heavy atom. The zero-order chi connectivity index (χ0) is 28.7. The predicted octanol–water partition coefficient (Wildman–Crippen LogP) is 2.35. The summed E-state index contributed by atoms with van der Waals surface area (Å²) in [5.41, 5.74) is 1.75. The molecule has 3 aliphatic rings. The van der Waals surface area contributed by atoms with Gasteiger partial charge >= 0.3 is 0 Å². The molecule has 6 rings (SSSR count). The van der Waals surface area contributed by atoms with Gasteiger partial charge in [0.2, 0.25) is 0 Å². The third kappa shape index (κ3) is 5.51. The van der Waals surface area contributed by atoms with Gasteiger partial charge < -0.3 is 25.0 Å². The highest BCUT2D eigenvalue weighted by Crippen LogP contribution is 2.36. The summed E-state index contributed by atoms with van der Waals surface area (Å²) in [6.07, 6.45) is 5.28. The van der Waals surface area contributed by atoms with E-state index in [0.717, 1.165) is 57.9 Å². The first-order valence-electron chi connectivity index (χ1n) is 14.2. The number of ether oxygens (including phenoxy) is 1. The first kappa shape index (κ1) is 27.6. The number of nitrogens with zero attached hydrogens (tertiary/aromatic N) is 6. The molecule has 0 radical (unpaired) electrons. The second kappa shape index (κ2) is 11.0. The van der Waals surface area contributed by atoms with E-state index in [1.165, 1.54) is 24.9 Å². The number of benzene rings is 1. The van der Waals surface area contributed by atoms with E-state index in [1.807, 2.05) is 12.1 Å². The van der Waals surface area contributed by atoms with Gasteiger partial charge in [-0.15, -0.1) is 0 Å². The lowest BCUT2D eigenvalue weighted by molar-refractivity contribution is -0.0159. The SMILES string of the molecule is CC(C)(O)[C@H](F)CN1Cc2cc(NC(=O)c3cnn4cccnc34)c(N3CCN(C4CCOCC4)CC3)cc2C1=O. The number of nitrogens with one attached hydrogen (secondary N) is 1. The molecule has 12 heteroatoms. The average Bonchev–Trinajstić information content (AvgIpc) is 3.53. The van der Waals surface area contributed by atoms with E-state index < -0.39 is 11.8 Å². The normalized spacial score (nSPS) is 19.6. The zero-order valence-electron chi connectivity index (χ0n) is 23.4. The minimum atomic E-state index is -1.60. The van der Waals surface area contributed by atoms with Gasteiger partial charge in [-0.3, -0.25) is 14.5 Å². The van der Waals surface area contributed by atoms with Crippen LogP contribution in [0.2, 0.25) is 0 Å². The lowest BCUT2D eigenvalue weighted by atomic mass is 10.0. The van der Waals surface area contributed by atoms with Crippen molar-refractivity contribution in [2.45, 2.75) is 51.0 Å². The van der Waals surface area contributed by atoms with Gasteiger partial charge in [-0.1, -0.05) is 0 Å². The number of carbonyl (C=O) groups excluding carboxylic acids is 2. The molecule has 2 amide bonds. The molecular formula is C29H36FN7O4. The molecule has 2 fully saturated rings. The fraction of sp³-hybridized carbons (Fsp3) is 0.517. The van der Waals surface area contributed by atoms with Crippen LogP contribution in [0.15, 0.2) is 36.8 Å². The molecule has 11 nitrogen and oxygen atoms in total. The molecule has 0 spiro atoms. The fourth-order valence-electron chi connectivity index (χ4n) is 5.89. The Kier molecular flexibility index (Phi) is 7.39. The Bertz CT molecular complexity index is 1440. The monoisotopic (exact) mass is 565 g/mol. The first-order valence-corrected chi connectivity index (χ1v) is 14.2. The standard InChI is InChI=1S/C29H36FN7O4/c1-29(2,40)25(30)18-36-17-19-14-23(33-27(38)22-16-32-37-7-3-6-31-26(22)37)24(15-21(19)28(36)39)35-10-8-34(9-11-35)20-4-12-41-13-5-20/h3,6-7,14-16,20,25,40H,4-5,8-13,17-18H2,1-2H3,(H,33,38)/t25-/m1/s1. The molecule has 2 aromatic heterocycles. The summed E-state index contributed by atoms with van der Waals surface area (Å²) in [5, 5.41) is 17.4. The molecular weight excluding hydrogens is 529 g/mol. The molecule has 0 saturated carbocycles. The summed E-state index contributed by atoms with van der Waals surface area (Å²) < 4.78 is 21.8. The van der Waals surface area contributed by atoms with Crippen LogP contribution in [-0.2, 0) is 11.3 Å². The van der Waals surface area contributed by atoms with E-state index in [2.05, 4.69) is 25.2 Å². The quantitative estimate of drug-likeness (QED) is 0.449. The van der Waals surface area contributed by atoms with Crippen molar-refractivity contribution >= 4 is 28.8 Å². The fourth-order valence-corrected chi connectivity index (χ4v) is 5.89. The number of hydrogen-bond donors (Lipinski definition) is 2. The van der Waals surface area contributed by atoms with Crippen molar-refractivity contribution in [2.24, 2.45) is 0 Å². The lowest BCUT2D eigenvalue weighted by Gasteiger charge is -2.42. The van der Waals surface area contributed by atoms with Crippen LogP contribution in [0.3, 0.4) is 0 Å². The van der Waals surface area contributed by atoms with Crippen molar-refractivity contribution in [3.05, 3.63) is 53.5 Å². The summed E-state index contributed by atoms with van der Waals surface area (Å²) in [5.74, 6) is -0.633. The predicted molar refractivity (Wildman–Crippen MR) is 151 cm³/mol. The van der Waals surface area contributed by atoms with Crippen molar-refractivity contribution in [1.29, 1.82) is 0 Å². The van der Waals surface area contributed by atoms with Crippen LogP contribution in [-0.4, -0.2) is 105 Å². The number of halogens is 1. The summed E-state index contributed by atoms with van der Waals surface area (Å²) in [4.78, 5) is 37.2. The van der Waals surface area contributed by atoms with Gasteiger partial charge in [0.1, 0.15) is 11.7 Å². The summed E-state index contributed by atoms with van der Waals surface area (Å²) >= 11 is 0. The van der Waals surface area contributed by atoms with Crippen molar-refractivity contribution in [3.63, 3.8) is 0 Å². The van der Waals surface area contributed by atoms with Gasteiger partial charge in [0, 0.05) is 69.9 Å². The number of hydrogen-bond acceptors (Lipinski definition) is 8. The second-order valence-corrected chi connectivity index (χ2v) is 11.6. The molecule has 2 saturated heterocycles. The van der Waals surface area contributed by atoms with Gasteiger partial charge in [-0.25, -0.2) is 13.9 Å². The van der Waals surface area contributed by atoms with Gasteiger partial charge in [0.25, 0.3) is 11.8 Å². The molecule has 5 heterocycles. The highest BCUT2D eigenvalue weighted by molar-refractivity contribution is 6.10. The number of carbonyl (C=O) groups is 2. The van der Waals surface area contributed by atoms with Gasteiger partial charge in [0.05, 0.1) is 29.7 Å². The Labute approximate surface area is 237 Å².